The van der Waals surface area contributed by atoms with Crippen LogP contribution in [-0.2, 0) is 14.3 Å². The molecule has 15 heavy (non-hydrogen) atoms. The molecule has 0 aromatic heterocycles. The molecule has 0 amide bonds. The van der Waals surface area contributed by atoms with E-state index in [4.69, 9.17) is 9.47 Å². The predicted molar refractivity (Wildman–Crippen MR) is 57.7 cm³/mol. The Balaban J connectivity index is 1.93. The van der Waals surface area contributed by atoms with Crippen molar-refractivity contribution in [3.05, 3.63) is 0 Å². The van der Waals surface area contributed by atoms with Gasteiger partial charge in [0.15, 0.2) is 0 Å². The van der Waals surface area contributed by atoms with Crippen molar-refractivity contribution in [2.75, 3.05) is 26.3 Å². The van der Waals surface area contributed by atoms with Crippen LogP contribution < -0.4 is 5.32 Å². The van der Waals surface area contributed by atoms with E-state index in [0.717, 1.165) is 39.0 Å². The maximum Gasteiger partial charge on any atom is 0.305 e. The summed E-state index contributed by atoms with van der Waals surface area (Å²) in [4.78, 5) is 11.0. The molecule has 1 atom stereocenters. The molecule has 0 aliphatic carbocycles. The molecule has 1 rings (SSSR count). The van der Waals surface area contributed by atoms with Gasteiger partial charge in [0, 0.05) is 19.5 Å². The number of ether oxygens (including phenoxy) is 2. The number of carbonyl (C=O) groups is 1. The Morgan fingerprint density at radius 2 is 2.40 bits per heavy atom. The molecule has 1 heterocycles. The molecule has 4 nitrogen and oxygen atoms in total. The second-order valence-electron chi connectivity index (χ2n) is 3.75. The lowest BCUT2D eigenvalue weighted by Gasteiger charge is -2.23. The van der Waals surface area contributed by atoms with Crippen molar-refractivity contribution < 1.29 is 14.3 Å². The molecule has 1 aliphatic rings. The van der Waals surface area contributed by atoms with Crippen molar-refractivity contribution in [3.63, 3.8) is 0 Å². The van der Waals surface area contributed by atoms with Gasteiger partial charge in [-0.25, -0.2) is 0 Å². The molecule has 0 saturated carbocycles. The van der Waals surface area contributed by atoms with Gasteiger partial charge < -0.3 is 14.8 Å². The van der Waals surface area contributed by atoms with E-state index in [1.165, 1.54) is 0 Å². The van der Waals surface area contributed by atoms with Gasteiger partial charge in [-0.1, -0.05) is 6.42 Å². The van der Waals surface area contributed by atoms with Gasteiger partial charge >= 0.3 is 5.97 Å². The SMILES string of the molecule is CCOC(=O)CCCCC1CNCCO1. The molecule has 0 aromatic carbocycles. The normalized spacial score (nSPS) is 21.3. The van der Waals surface area contributed by atoms with Crippen LogP contribution in [0.4, 0.5) is 0 Å². The lowest BCUT2D eigenvalue weighted by Crippen LogP contribution is -2.38. The first kappa shape index (κ1) is 12.5. The van der Waals surface area contributed by atoms with Crippen LogP contribution in [0.5, 0.6) is 0 Å². The standard InChI is InChI=1S/C11H21NO3/c1-2-14-11(13)6-4-3-5-10-9-12-7-8-15-10/h10,12H,2-9H2,1H3. The zero-order chi connectivity index (χ0) is 10.9. The molecule has 0 bridgehead atoms. The zero-order valence-electron chi connectivity index (χ0n) is 9.46. The van der Waals surface area contributed by atoms with Crippen LogP contribution in [0.1, 0.15) is 32.6 Å². The summed E-state index contributed by atoms with van der Waals surface area (Å²) in [6.07, 6.45) is 3.84. The fourth-order valence-corrected chi connectivity index (χ4v) is 1.68. The lowest BCUT2D eigenvalue weighted by atomic mass is 10.1. The molecule has 88 valence electrons. The second-order valence-corrected chi connectivity index (χ2v) is 3.75. The van der Waals surface area contributed by atoms with Gasteiger partial charge in [0.05, 0.1) is 19.3 Å². The minimum absolute atomic E-state index is 0.0832. The molecule has 1 aliphatic heterocycles. The summed E-state index contributed by atoms with van der Waals surface area (Å²) in [5.74, 6) is -0.0832. The van der Waals surface area contributed by atoms with E-state index in [0.29, 0.717) is 19.1 Å². The topological polar surface area (TPSA) is 47.6 Å². The van der Waals surface area contributed by atoms with E-state index in [9.17, 15) is 4.79 Å². The Hall–Kier alpha value is -0.610. The second kappa shape index (κ2) is 7.65. The summed E-state index contributed by atoms with van der Waals surface area (Å²) >= 11 is 0. The number of nitrogens with one attached hydrogen (secondary N) is 1. The Morgan fingerprint density at radius 1 is 1.53 bits per heavy atom. The summed E-state index contributed by atoms with van der Waals surface area (Å²) in [7, 11) is 0. The molecule has 0 spiro atoms. The predicted octanol–water partition coefficient (Wildman–Crippen LogP) is 1.10. The third kappa shape index (κ3) is 5.74. The lowest BCUT2D eigenvalue weighted by molar-refractivity contribution is -0.143. The van der Waals surface area contributed by atoms with Crippen molar-refractivity contribution >= 4 is 5.97 Å². The smallest absolute Gasteiger partial charge is 0.305 e. The van der Waals surface area contributed by atoms with E-state index in [1.807, 2.05) is 6.92 Å². The summed E-state index contributed by atoms with van der Waals surface area (Å²) in [5, 5.41) is 3.29. The minimum atomic E-state index is -0.0832. The van der Waals surface area contributed by atoms with Crippen LogP contribution in [-0.4, -0.2) is 38.4 Å². The van der Waals surface area contributed by atoms with Gasteiger partial charge in [-0.3, -0.25) is 4.79 Å². The van der Waals surface area contributed by atoms with Crippen molar-refractivity contribution in [3.8, 4) is 0 Å². The van der Waals surface area contributed by atoms with Crippen LogP contribution in [0.25, 0.3) is 0 Å². The number of hydrogen-bond donors (Lipinski definition) is 1. The molecule has 4 heteroatoms. The highest BCUT2D eigenvalue weighted by Crippen LogP contribution is 2.08. The first-order valence-corrected chi connectivity index (χ1v) is 5.81. The van der Waals surface area contributed by atoms with Gasteiger partial charge in [-0.05, 0) is 19.8 Å². The van der Waals surface area contributed by atoms with Gasteiger partial charge in [0.25, 0.3) is 0 Å². The average Bonchev–Trinajstić information content (AvgIpc) is 2.26. The Bertz CT molecular complexity index is 179. The highest BCUT2D eigenvalue weighted by molar-refractivity contribution is 5.69. The first-order valence-electron chi connectivity index (χ1n) is 5.81. The van der Waals surface area contributed by atoms with Crippen LogP contribution in [0.2, 0.25) is 0 Å². The van der Waals surface area contributed by atoms with Gasteiger partial charge in [0.1, 0.15) is 0 Å². The molecule has 1 N–H and O–H groups in total. The number of rotatable bonds is 6. The highest BCUT2D eigenvalue weighted by Gasteiger charge is 2.12. The largest absolute Gasteiger partial charge is 0.466 e. The maximum atomic E-state index is 11.0. The first-order chi connectivity index (χ1) is 7.33. The van der Waals surface area contributed by atoms with Crippen molar-refractivity contribution in [2.45, 2.75) is 38.7 Å². The number of hydrogen-bond acceptors (Lipinski definition) is 4. The zero-order valence-corrected chi connectivity index (χ0v) is 9.46. The number of unbranched alkanes of at least 4 members (excludes halogenated alkanes) is 1. The Labute approximate surface area is 91.3 Å². The number of esters is 1. The van der Waals surface area contributed by atoms with Crippen LogP contribution in [0, 0.1) is 0 Å². The molecule has 1 fully saturated rings. The van der Waals surface area contributed by atoms with Crippen LogP contribution in [0.3, 0.4) is 0 Å². The van der Waals surface area contributed by atoms with Crippen molar-refractivity contribution in [2.24, 2.45) is 0 Å². The van der Waals surface area contributed by atoms with Crippen LogP contribution >= 0.6 is 0 Å². The summed E-state index contributed by atoms with van der Waals surface area (Å²) in [5.41, 5.74) is 0. The highest BCUT2D eigenvalue weighted by atomic mass is 16.5. The Kier molecular flexibility index (Phi) is 6.36. The van der Waals surface area contributed by atoms with E-state index in [1.54, 1.807) is 0 Å². The molecule has 1 saturated heterocycles. The Morgan fingerprint density at radius 3 is 3.07 bits per heavy atom. The van der Waals surface area contributed by atoms with Gasteiger partial charge in [0.2, 0.25) is 0 Å². The monoisotopic (exact) mass is 215 g/mol. The third-order valence-electron chi connectivity index (χ3n) is 2.47. The third-order valence-corrected chi connectivity index (χ3v) is 2.47. The van der Waals surface area contributed by atoms with E-state index in [-0.39, 0.29) is 5.97 Å². The molecular weight excluding hydrogens is 194 g/mol. The van der Waals surface area contributed by atoms with Gasteiger partial charge in [-0.15, -0.1) is 0 Å². The van der Waals surface area contributed by atoms with E-state index >= 15 is 0 Å². The maximum absolute atomic E-state index is 11.0. The number of carbonyl (C=O) groups excluding carboxylic acids is 1. The fraction of sp³-hybridized carbons (Fsp3) is 0.909. The van der Waals surface area contributed by atoms with E-state index in [2.05, 4.69) is 5.32 Å². The molecular formula is C11H21NO3. The summed E-state index contributed by atoms with van der Waals surface area (Å²) in [6, 6.07) is 0. The molecule has 0 aromatic rings. The van der Waals surface area contributed by atoms with Gasteiger partial charge in [-0.2, -0.15) is 0 Å². The number of morpholine rings is 1. The van der Waals surface area contributed by atoms with E-state index < -0.39 is 0 Å². The average molecular weight is 215 g/mol. The minimum Gasteiger partial charge on any atom is -0.466 e. The van der Waals surface area contributed by atoms with Crippen molar-refractivity contribution in [1.29, 1.82) is 0 Å². The van der Waals surface area contributed by atoms with Crippen LogP contribution in [0.15, 0.2) is 0 Å². The summed E-state index contributed by atoms with van der Waals surface area (Å²) < 4.78 is 10.4. The molecule has 1 unspecified atom stereocenters. The molecule has 0 radical (unpaired) electrons. The quantitative estimate of drug-likeness (QED) is 0.532. The fourth-order valence-electron chi connectivity index (χ4n) is 1.68. The summed E-state index contributed by atoms with van der Waals surface area (Å²) in [6.45, 7) is 5.02. The van der Waals surface area contributed by atoms with Crippen molar-refractivity contribution in [1.82, 2.24) is 5.32 Å².